The third-order valence-electron chi connectivity index (χ3n) is 4.34. The van der Waals surface area contributed by atoms with Crippen molar-refractivity contribution in [2.45, 2.75) is 26.2 Å². The summed E-state index contributed by atoms with van der Waals surface area (Å²) in [6.45, 7) is 3.66. The molecule has 1 unspecified atom stereocenters. The van der Waals surface area contributed by atoms with Crippen molar-refractivity contribution in [1.29, 1.82) is 0 Å². The van der Waals surface area contributed by atoms with Gasteiger partial charge >= 0.3 is 0 Å². The van der Waals surface area contributed by atoms with Crippen molar-refractivity contribution in [1.82, 2.24) is 19.7 Å². The Balaban J connectivity index is 1.65. The Hall–Kier alpha value is -2.17. The highest BCUT2D eigenvalue weighted by Crippen LogP contribution is 2.22. The lowest BCUT2D eigenvalue weighted by Crippen LogP contribution is -2.41. The van der Waals surface area contributed by atoms with Crippen LogP contribution < -0.4 is 0 Å². The second-order valence-corrected chi connectivity index (χ2v) is 6.11. The summed E-state index contributed by atoms with van der Waals surface area (Å²) in [4.78, 5) is 18.9. The summed E-state index contributed by atoms with van der Waals surface area (Å²) in [5, 5.41) is 4.09. The fourth-order valence-corrected chi connectivity index (χ4v) is 3.11. The first-order chi connectivity index (χ1) is 10.6. The summed E-state index contributed by atoms with van der Waals surface area (Å²) in [6.07, 6.45) is 6.85. The minimum absolute atomic E-state index is 0.0896. The van der Waals surface area contributed by atoms with E-state index >= 15 is 0 Å². The predicted octanol–water partition coefficient (Wildman–Crippen LogP) is 2.22. The van der Waals surface area contributed by atoms with Gasteiger partial charge in [-0.1, -0.05) is 6.07 Å². The van der Waals surface area contributed by atoms with Crippen LogP contribution in [-0.2, 0) is 13.5 Å². The second kappa shape index (κ2) is 6.30. The fourth-order valence-electron chi connectivity index (χ4n) is 3.11. The van der Waals surface area contributed by atoms with Gasteiger partial charge in [-0.2, -0.15) is 5.10 Å². The molecule has 5 heteroatoms. The molecule has 1 atom stereocenters. The molecule has 2 aromatic rings. The molecular weight excluding hydrogens is 276 g/mol. The molecule has 5 nitrogen and oxygen atoms in total. The number of carbonyl (C=O) groups is 1. The number of carbonyl (C=O) groups excluding carboxylic acids is 1. The Morgan fingerprint density at radius 3 is 2.91 bits per heavy atom. The molecule has 3 rings (SSSR count). The zero-order valence-corrected chi connectivity index (χ0v) is 13.2. The predicted molar refractivity (Wildman–Crippen MR) is 84.5 cm³/mol. The lowest BCUT2D eigenvalue weighted by Gasteiger charge is -2.32. The zero-order chi connectivity index (χ0) is 15.5. The van der Waals surface area contributed by atoms with Gasteiger partial charge in [0.25, 0.3) is 5.91 Å². The van der Waals surface area contributed by atoms with Crippen molar-refractivity contribution < 1.29 is 4.79 Å². The average molecular weight is 298 g/mol. The van der Waals surface area contributed by atoms with Crippen molar-refractivity contribution in [3.8, 4) is 0 Å². The highest BCUT2D eigenvalue weighted by atomic mass is 16.2. The molecule has 0 saturated carbocycles. The van der Waals surface area contributed by atoms with Gasteiger partial charge in [0.05, 0.1) is 0 Å². The van der Waals surface area contributed by atoms with Crippen LogP contribution in [0.2, 0.25) is 0 Å². The molecule has 116 valence electrons. The molecule has 1 aliphatic heterocycles. The van der Waals surface area contributed by atoms with E-state index in [-0.39, 0.29) is 5.91 Å². The minimum atomic E-state index is 0.0896. The number of aryl methyl sites for hydroxylation is 2. The van der Waals surface area contributed by atoms with E-state index in [0.717, 1.165) is 31.6 Å². The van der Waals surface area contributed by atoms with Gasteiger partial charge in [0.2, 0.25) is 0 Å². The molecule has 1 saturated heterocycles. The van der Waals surface area contributed by atoms with Gasteiger partial charge in [0, 0.05) is 38.2 Å². The van der Waals surface area contributed by atoms with Crippen molar-refractivity contribution in [3.63, 3.8) is 0 Å². The van der Waals surface area contributed by atoms with Gasteiger partial charge in [-0.15, -0.1) is 0 Å². The highest BCUT2D eigenvalue weighted by Gasteiger charge is 2.26. The molecule has 0 N–H and O–H groups in total. The molecule has 1 fully saturated rings. The molecular formula is C17H22N4O. The molecule has 0 aromatic carbocycles. The number of hydrogen-bond acceptors (Lipinski definition) is 3. The van der Waals surface area contributed by atoms with Gasteiger partial charge in [0.15, 0.2) is 0 Å². The van der Waals surface area contributed by atoms with Gasteiger partial charge in [-0.05, 0) is 49.8 Å². The van der Waals surface area contributed by atoms with Crippen LogP contribution in [-0.4, -0.2) is 38.7 Å². The van der Waals surface area contributed by atoms with E-state index in [1.165, 1.54) is 12.0 Å². The fraction of sp³-hybridized carbons (Fsp3) is 0.471. The van der Waals surface area contributed by atoms with E-state index in [1.54, 1.807) is 16.9 Å². The summed E-state index contributed by atoms with van der Waals surface area (Å²) in [6, 6.07) is 5.98. The van der Waals surface area contributed by atoms with Crippen molar-refractivity contribution in [3.05, 3.63) is 47.5 Å². The van der Waals surface area contributed by atoms with E-state index in [4.69, 9.17) is 0 Å². The SMILES string of the molecule is Cc1ccc(CC2CCCN(C(=O)c3ccnn3C)C2)cn1. The summed E-state index contributed by atoms with van der Waals surface area (Å²) >= 11 is 0. The zero-order valence-electron chi connectivity index (χ0n) is 13.2. The highest BCUT2D eigenvalue weighted by molar-refractivity contribution is 5.92. The molecule has 2 aromatic heterocycles. The summed E-state index contributed by atoms with van der Waals surface area (Å²) in [5.41, 5.74) is 2.96. The number of rotatable bonds is 3. The van der Waals surface area contributed by atoms with Crippen molar-refractivity contribution in [2.24, 2.45) is 13.0 Å². The smallest absolute Gasteiger partial charge is 0.272 e. The number of amides is 1. The summed E-state index contributed by atoms with van der Waals surface area (Å²) in [7, 11) is 1.81. The number of hydrogen-bond donors (Lipinski definition) is 0. The Bertz CT molecular complexity index is 647. The number of piperidine rings is 1. The second-order valence-electron chi connectivity index (χ2n) is 6.11. The lowest BCUT2D eigenvalue weighted by molar-refractivity contribution is 0.0662. The first kappa shape index (κ1) is 14.8. The summed E-state index contributed by atoms with van der Waals surface area (Å²) in [5.74, 6) is 0.599. The maximum absolute atomic E-state index is 12.6. The topological polar surface area (TPSA) is 51.0 Å². The molecule has 1 amide bonds. The van der Waals surface area contributed by atoms with E-state index < -0.39 is 0 Å². The van der Waals surface area contributed by atoms with E-state index in [9.17, 15) is 4.79 Å². The normalized spacial score (nSPS) is 18.5. The van der Waals surface area contributed by atoms with Gasteiger partial charge in [-0.3, -0.25) is 14.5 Å². The van der Waals surface area contributed by atoms with Crippen LogP contribution in [0.5, 0.6) is 0 Å². The molecule has 3 heterocycles. The van der Waals surface area contributed by atoms with Crippen LogP contribution in [0, 0.1) is 12.8 Å². The van der Waals surface area contributed by atoms with E-state index in [1.807, 2.05) is 25.1 Å². The lowest BCUT2D eigenvalue weighted by atomic mass is 9.91. The maximum atomic E-state index is 12.6. The average Bonchev–Trinajstić information content (AvgIpc) is 2.95. The quantitative estimate of drug-likeness (QED) is 0.873. The van der Waals surface area contributed by atoms with E-state index in [0.29, 0.717) is 11.6 Å². The standard InChI is InChI=1S/C17H22N4O/c1-13-5-6-14(11-18-13)10-15-4-3-9-21(12-15)17(22)16-7-8-19-20(16)2/h5-8,11,15H,3-4,9-10,12H2,1-2H3. The molecule has 1 aliphatic rings. The van der Waals surface area contributed by atoms with Crippen molar-refractivity contribution in [2.75, 3.05) is 13.1 Å². The van der Waals surface area contributed by atoms with Gasteiger partial charge < -0.3 is 4.90 Å². The Morgan fingerprint density at radius 1 is 1.36 bits per heavy atom. The Labute approximate surface area is 131 Å². The van der Waals surface area contributed by atoms with Gasteiger partial charge in [-0.25, -0.2) is 0 Å². The maximum Gasteiger partial charge on any atom is 0.272 e. The number of likely N-dealkylation sites (tertiary alicyclic amines) is 1. The minimum Gasteiger partial charge on any atom is -0.337 e. The van der Waals surface area contributed by atoms with E-state index in [2.05, 4.69) is 22.2 Å². The largest absolute Gasteiger partial charge is 0.337 e. The third kappa shape index (κ3) is 3.18. The molecule has 0 spiro atoms. The molecule has 0 aliphatic carbocycles. The molecule has 0 radical (unpaired) electrons. The van der Waals surface area contributed by atoms with Crippen LogP contribution in [0.4, 0.5) is 0 Å². The van der Waals surface area contributed by atoms with Gasteiger partial charge in [0.1, 0.15) is 5.69 Å². The van der Waals surface area contributed by atoms with Crippen LogP contribution in [0.3, 0.4) is 0 Å². The molecule has 22 heavy (non-hydrogen) atoms. The van der Waals surface area contributed by atoms with Crippen molar-refractivity contribution >= 4 is 5.91 Å². The Morgan fingerprint density at radius 2 is 2.23 bits per heavy atom. The number of aromatic nitrogens is 3. The summed E-state index contributed by atoms with van der Waals surface area (Å²) < 4.78 is 1.65. The Kier molecular flexibility index (Phi) is 4.22. The first-order valence-corrected chi connectivity index (χ1v) is 7.82. The van der Waals surface area contributed by atoms with Crippen LogP contribution in [0.15, 0.2) is 30.6 Å². The van der Waals surface area contributed by atoms with Crippen LogP contribution >= 0.6 is 0 Å². The first-order valence-electron chi connectivity index (χ1n) is 7.82. The number of pyridine rings is 1. The van der Waals surface area contributed by atoms with Crippen LogP contribution in [0.25, 0.3) is 0 Å². The molecule has 0 bridgehead atoms. The monoisotopic (exact) mass is 298 g/mol. The number of nitrogens with zero attached hydrogens (tertiary/aromatic N) is 4. The van der Waals surface area contributed by atoms with Crippen LogP contribution in [0.1, 0.15) is 34.6 Å². The third-order valence-corrected chi connectivity index (χ3v) is 4.34.